The minimum Gasteiger partial charge on any atom is -0.351 e. The van der Waals surface area contributed by atoms with E-state index in [1.807, 2.05) is 6.92 Å². The zero-order chi connectivity index (χ0) is 11.3. The van der Waals surface area contributed by atoms with Gasteiger partial charge in [0.2, 0.25) is 5.91 Å². The predicted molar refractivity (Wildman–Crippen MR) is 61.5 cm³/mol. The van der Waals surface area contributed by atoms with Crippen molar-refractivity contribution in [1.82, 2.24) is 10.2 Å². The van der Waals surface area contributed by atoms with E-state index in [9.17, 15) is 4.79 Å². The van der Waals surface area contributed by atoms with Gasteiger partial charge in [-0.25, -0.2) is 0 Å². The lowest BCUT2D eigenvalue weighted by atomic mass is 10.2. The predicted octanol–water partition coefficient (Wildman–Crippen LogP) is 0.100. The quantitative estimate of drug-likeness (QED) is 0.634. The lowest BCUT2D eigenvalue weighted by Gasteiger charge is -2.28. The summed E-state index contributed by atoms with van der Waals surface area (Å²) in [4.78, 5) is 13.9. The average molecular weight is 211 g/mol. The number of nitrogens with two attached hydrogens (primary N) is 1. The highest BCUT2D eigenvalue weighted by Crippen LogP contribution is 2.18. The molecule has 0 aromatic rings. The molecular formula is C11H21N3O. The Morgan fingerprint density at radius 3 is 3.13 bits per heavy atom. The molecule has 1 heterocycles. The van der Waals surface area contributed by atoms with Crippen LogP contribution >= 0.6 is 0 Å². The maximum absolute atomic E-state index is 11.7. The van der Waals surface area contributed by atoms with Gasteiger partial charge in [0, 0.05) is 19.1 Å². The van der Waals surface area contributed by atoms with Gasteiger partial charge in [-0.05, 0) is 26.3 Å². The van der Waals surface area contributed by atoms with Crippen molar-refractivity contribution in [2.24, 2.45) is 5.73 Å². The molecule has 0 aromatic carbocycles. The van der Waals surface area contributed by atoms with Crippen LogP contribution in [-0.2, 0) is 4.79 Å². The van der Waals surface area contributed by atoms with Gasteiger partial charge >= 0.3 is 0 Å². The van der Waals surface area contributed by atoms with Crippen LogP contribution < -0.4 is 11.1 Å². The summed E-state index contributed by atoms with van der Waals surface area (Å²) in [6.07, 6.45) is 3.94. The lowest BCUT2D eigenvalue weighted by molar-refractivity contribution is -0.125. The molecule has 2 unspecified atom stereocenters. The second-order valence-electron chi connectivity index (χ2n) is 3.98. The molecule has 86 valence electrons. The molecule has 4 heteroatoms. The van der Waals surface area contributed by atoms with Crippen molar-refractivity contribution in [2.75, 3.05) is 19.6 Å². The van der Waals surface area contributed by atoms with E-state index in [2.05, 4.69) is 16.8 Å². The van der Waals surface area contributed by atoms with Crippen molar-refractivity contribution in [3.05, 3.63) is 12.7 Å². The van der Waals surface area contributed by atoms with E-state index in [4.69, 9.17) is 5.73 Å². The minimum atomic E-state index is -0.0824. The number of carbonyl (C=O) groups is 1. The normalized spacial score (nSPS) is 23.7. The van der Waals surface area contributed by atoms with Crippen molar-refractivity contribution < 1.29 is 4.79 Å². The third-order valence-corrected chi connectivity index (χ3v) is 2.99. The lowest BCUT2D eigenvalue weighted by Crippen LogP contribution is -2.49. The van der Waals surface area contributed by atoms with E-state index in [0.29, 0.717) is 19.1 Å². The van der Waals surface area contributed by atoms with Crippen molar-refractivity contribution in [3.63, 3.8) is 0 Å². The Hall–Kier alpha value is -0.870. The number of nitrogens with one attached hydrogen (secondary N) is 1. The van der Waals surface area contributed by atoms with Gasteiger partial charge in [0.1, 0.15) is 0 Å². The molecule has 0 saturated carbocycles. The number of hydrogen-bond acceptors (Lipinski definition) is 3. The van der Waals surface area contributed by atoms with Gasteiger partial charge in [-0.2, -0.15) is 0 Å². The number of likely N-dealkylation sites (tertiary alicyclic amines) is 1. The van der Waals surface area contributed by atoms with Gasteiger partial charge in [-0.15, -0.1) is 6.58 Å². The molecule has 1 fully saturated rings. The molecule has 1 amide bonds. The molecule has 1 rings (SSSR count). The van der Waals surface area contributed by atoms with Crippen LogP contribution in [0.4, 0.5) is 0 Å². The molecule has 2 atom stereocenters. The molecule has 3 N–H and O–H groups in total. The standard InChI is InChI=1S/C11H21N3O/c1-3-6-13-11(15)9(2)14-7-4-5-10(14)8-12/h3,9-10H,1,4-8,12H2,2H3,(H,13,15). The first-order chi connectivity index (χ1) is 7.20. The van der Waals surface area contributed by atoms with Gasteiger partial charge in [-0.3, -0.25) is 9.69 Å². The largest absolute Gasteiger partial charge is 0.351 e. The highest BCUT2D eigenvalue weighted by atomic mass is 16.2. The minimum absolute atomic E-state index is 0.0650. The second kappa shape index (κ2) is 5.88. The molecule has 1 aliphatic rings. The smallest absolute Gasteiger partial charge is 0.237 e. The summed E-state index contributed by atoms with van der Waals surface area (Å²) in [6, 6.07) is 0.287. The summed E-state index contributed by atoms with van der Waals surface area (Å²) < 4.78 is 0. The fourth-order valence-electron chi connectivity index (χ4n) is 2.09. The fraction of sp³-hybridized carbons (Fsp3) is 0.727. The molecule has 0 spiro atoms. The van der Waals surface area contributed by atoms with E-state index in [1.54, 1.807) is 6.08 Å². The first kappa shape index (κ1) is 12.2. The molecule has 0 aliphatic carbocycles. The molecule has 0 aromatic heterocycles. The molecule has 0 bridgehead atoms. The Morgan fingerprint density at radius 2 is 2.53 bits per heavy atom. The van der Waals surface area contributed by atoms with Crippen LogP contribution in [0.5, 0.6) is 0 Å². The number of hydrogen-bond donors (Lipinski definition) is 2. The number of nitrogens with zero attached hydrogens (tertiary/aromatic N) is 1. The summed E-state index contributed by atoms with van der Waals surface area (Å²) in [5.74, 6) is 0.0650. The van der Waals surface area contributed by atoms with E-state index < -0.39 is 0 Å². The SMILES string of the molecule is C=CCNC(=O)C(C)N1CCCC1CN. The first-order valence-corrected chi connectivity index (χ1v) is 5.55. The van der Waals surface area contributed by atoms with Crippen molar-refractivity contribution >= 4 is 5.91 Å². The van der Waals surface area contributed by atoms with Crippen LogP contribution in [0.2, 0.25) is 0 Å². The Morgan fingerprint density at radius 1 is 1.80 bits per heavy atom. The molecule has 15 heavy (non-hydrogen) atoms. The Balaban J connectivity index is 2.47. The van der Waals surface area contributed by atoms with Gasteiger partial charge < -0.3 is 11.1 Å². The van der Waals surface area contributed by atoms with Crippen LogP contribution in [-0.4, -0.2) is 42.5 Å². The Bertz CT molecular complexity index is 230. The second-order valence-corrected chi connectivity index (χ2v) is 3.98. The topological polar surface area (TPSA) is 58.4 Å². The van der Waals surface area contributed by atoms with Gasteiger partial charge in [0.05, 0.1) is 6.04 Å². The summed E-state index contributed by atoms with van der Waals surface area (Å²) in [6.45, 7) is 7.66. The highest BCUT2D eigenvalue weighted by molar-refractivity contribution is 5.81. The zero-order valence-electron chi connectivity index (χ0n) is 9.41. The summed E-state index contributed by atoms with van der Waals surface area (Å²) in [7, 11) is 0. The van der Waals surface area contributed by atoms with Gasteiger partial charge in [0.15, 0.2) is 0 Å². The number of carbonyl (C=O) groups excluding carboxylic acids is 1. The Kier molecular flexibility index (Phi) is 4.78. The van der Waals surface area contributed by atoms with Crippen LogP contribution in [0.3, 0.4) is 0 Å². The third-order valence-electron chi connectivity index (χ3n) is 2.99. The highest BCUT2D eigenvalue weighted by Gasteiger charge is 2.30. The number of amides is 1. The fourth-order valence-corrected chi connectivity index (χ4v) is 2.09. The molecule has 4 nitrogen and oxygen atoms in total. The van der Waals surface area contributed by atoms with Crippen molar-refractivity contribution in [1.29, 1.82) is 0 Å². The van der Waals surface area contributed by atoms with Gasteiger partial charge in [0.25, 0.3) is 0 Å². The molecule has 0 radical (unpaired) electrons. The van der Waals surface area contributed by atoms with Crippen LogP contribution in [0, 0.1) is 0 Å². The maximum Gasteiger partial charge on any atom is 0.237 e. The van der Waals surface area contributed by atoms with Crippen molar-refractivity contribution in [2.45, 2.75) is 31.8 Å². The van der Waals surface area contributed by atoms with E-state index in [-0.39, 0.29) is 11.9 Å². The summed E-state index contributed by atoms with van der Waals surface area (Å²) in [5.41, 5.74) is 5.67. The maximum atomic E-state index is 11.7. The van der Waals surface area contributed by atoms with Crippen molar-refractivity contribution in [3.8, 4) is 0 Å². The van der Waals surface area contributed by atoms with E-state index in [0.717, 1.165) is 19.4 Å². The third kappa shape index (κ3) is 3.04. The Labute approximate surface area is 91.5 Å². The van der Waals surface area contributed by atoms with Gasteiger partial charge in [-0.1, -0.05) is 6.08 Å². The summed E-state index contributed by atoms with van der Waals surface area (Å²) >= 11 is 0. The van der Waals surface area contributed by atoms with Crippen LogP contribution in [0.1, 0.15) is 19.8 Å². The zero-order valence-corrected chi connectivity index (χ0v) is 9.41. The monoisotopic (exact) mass is 211 g/mol. The first-order valence-electron chi connectivity index (χ1n) is 5.55. The summed E-state index contributed by atoms with van der Waals surface area (Å²) in [5, 5.41) is 2.81. The molecular weight excluding hydrogens is 190 g/mol. The van der Waals surface area contributed by atoms with Crippen LogP contribution in [0.15, 0.2) is 12.7 Å². The van der Waals surface area contributed by atoms with E-state index >= 15 is 0 Å². The molecule has 1 saturated heterocycles. The van der Waals surface area contributed by atoms with E-state index in [1.165, 1.54) is 0 Å². The number of rotatable bonds is 5. The molecule has 1 aliphatic heterocycles. The van der Waals surface area contributed by atoms with Crippen LogP contribution in [0.25, 0.3) is 0 Å². The average Bonchev–Trinajstić information content (AvgIpc) is 2.72.